The van der Waals surface area contributed by atoms with Crippen LogP contribution in [0.5, 0.6) is 0 Å². The van der Waals surface area contributed by atoms with Crippen molar-refractivity contribution in [1.82, 2.24) is 4.98 Å². The van der Waals surface area contributed by atoms with E-state index < -0.39 is 0 Å². The Labute approximate surface area is 114 Å². The van der Waals surface area contributed by atoms with Crippen molar-refractivity contribution in [3.8, 4) is 0 Å². The highest BCUT2D eigenvalue weighted by atomic mass is 16.3. The van der Waals surface area contributed by atoms with Crippen molar-refractivity contribution >= 4 is 11.6 Å². The van der Waals surface area contributed by atoms with Gasteiger partial charge in [0.2, 0.25) is 0 Å². The van der Waals surface area contributed by atoms with Crippen LogP contribution in [0, 0.1) is 6.92 Å². The van der Waals surface area contributed by atoms with Gasteiger partial charge in [-0.05, 0) is 31.5 Å². The fourth-order valence-electron chi connectivity index (χ4n) is 1.90. The monoisotopic (exact) mass is 259 g/mol. The molecule has 0 saturated carbocycles. The van der Waals surface area contributed by atoms with Crippen molar-refractivity contribution < 1.29 is 4.42 Å². The summed E-state index contributed by atoms with van der Waals surface area (Å²) in [4.78, 5) is 6.72. The Morgan fingerprint density at radius 1 is 1.32 bits per heavy atom. The normalized spacial score (nSPS) is 10.5. The second-order valence-electron chi connectivity index (χ2n) is 4.67. The summed E-state index contributed by atoms with van der Waals surface area (Å²) < 4.78 is 5.32. The number of rotatable bonds is 6. The Morgan fingerprint density at radius 3 is 2.84 bits per heavy atom. The van der Waals surface area contributed by atoms with E-state index in [0.717, 1.165) is 36.9 Å². The smallest absolute Gasteiger partial charge is 0.130 e. The van der Waals surface area contributed by atoms with Gasteiger partial charge in [-0.15, -0.1) is 0 Å². The van der Waals surface area contributed by atoms with Crippen LogP contribution in [0.25, 0.3) is 0 Å². The van der Waals surface area contributed by atoms with Crippen LogP contribution in [0.4, 0.5) is 11.6 Å². The summed E-state index contributed by atoms with van der Waals surface area (Å²) in [6.07, 6.45) is 2.82. The van der Waals surface area contributed by atoms with Gasteiger partial charge in [0, 0.05) is 25.7 Å². The van der Waals surface area contributed by atoms with Crippen LogP contribution in [0.3, 0.4) is 0 Å². The van der Waals surface area contributed by atoms with Crippen LogP contribution in [-0.2, 0) is 6.54 Å². The third kappa shape index (κ3) is 3.50. The van der Waals surface area contributed by atoms with Crippen LogP contribution in [-0.4, -0.2) is 18.6 Å². The highest BCUT2D eigenvalue weighted by Crippen LogP contribution is 2.17. The molecule has 0 saturated heterocycles. The maximum absolute atomic E-state index is 5.32. The van der Waals surface area contributed by atoms with Gasteiger partial charge in [0.05, 0.1) is 6.26 Å². The Hall–Kier alpha value is -1.97. The second kappa shape index (κ2) is 6.27. The molecule has 0 aliphatic carbocycles. The number of nitrogens with one attached hydrogen (secondary N) is 1. The lowest BCUT2D eigenvalue weighted by Gasteiger charge is -2.18. The first-order valence-electron chi connectivity index (χ1n) is 6.65. The van der Waals surface area contributed by atoms with Crippen molar-refractivity contribution in [1.29, 1.82) is 0 Å². The van der Waals surface area contributed by atoms with E-state index in [1.165, 1.54) is 5.56 Å². The molecular formula is C15H21N3O. The zero-order chi connectivity index (χ0) is 13.7. The van der Waals surface area contributed by atoms with Gasteiger partial charge in [0.15, 0.2) is 0 Å². The lowest BCUT2D eigenvalue weighted by Crippen LogP contribution is -2.18. The van der Waals surface area contributed by atoms with Gasteiger partial charge < -0.3 is 14.6 Å². The molecule has 0 aliphatic heterocycles. The summed E-state index contributed by atoms with van der Waals surface area (Å²) >= 11 is 0. The van der Waals surface area contributed by atoms with Crippen LogP contribution >= 0.6 is 0 Å². The minimum Gasteiger partial charge on any atom is -0.469 e. The van der Waals surface area contributed by atoms with Gasteiger partial charge in [-0.1, -0.05) is 13.0 Å². The summed E-state index contributed by atoms with van der Waals surface area (Å²) in [5.74, 6) is 2.85. The van der Waals surface area contributed by atoms with E-state index in [4.69, 9.17) is 4.42 Å². The van der Waals surface area contributed by atoms with Gasteiger partial charge in [0.1, 0.15) is 17.4 Å². The number of aryl methyl sites for hydroxylation is 1. The molecule has 4 heteroatoms. The van der Waals surface area contributed by atoms with Crippen molar-refractivity contribution in [2.75, 3.05) is 23.8 Å². The molecule has 2 aromatic rings. The maximum Gasteiger partial charge on any atom is 0.130 e. The zero-order valence-corrected chi connectivity index (χ0v) is 11.8. The number of hydrogen-bond donors (Lipinski definition) is 1. The molecule has 102 valence electrons. The number of pyridine rings is 1. The molecule has 0 aliphatic rings. The predicted octanol–water partition coefficient (Wildman–Crippen LogP) is 3.44. The first-order chi connectivity index (χ1) is 9.20. The average Bonchev–Trinajstić information content (AvgIpc) is 2.82. The molecule has 0 spiro atoms. The molecular weight excluding hydrogens is 238 g/mol. The number of hydrogen-bond acceptors (Lipinski definition) is 4. The van der Waals surface area contributed by atoms with Crippen molar-refractivity contribution in [3.63, 3.8) is 0 Å². The molecule has 2 heterocycles. The Kier molecular flexibility index (Phi) is 4.44. The largest absolute Gasteiger partial charge is 0.469 e. The van der Waals surface area contributed by atoms with Crippen LogP contribution in [0.15, 0.2) is 34.9 Å². The summed E-state index contributed by atoms with van der Waals surface area (Å²) in [6, 6.07) is 8.05. The van der Waals surface area contributed by atoms with Crippen molar-refractivity contribution in [2.45, 2.75) is 26.8 Å². The molecule has 0 fully saturated rings. The fraction of sp³-hybridized carbons (Fsp3) is 0.400. The third-order valence-electron chi connectivity index (χ3n) is 3.06. The lowest BCUT2D eigenvalue weighted by molar-refractivity contribution is 0.529. The van der Waals surface area contributed by atoms with Gasteiger partial charge in [0.25, 0.3) is 0 Å². The Balaban J connectivity index is 2.06. The molecule has 0 unspecified atom stereocenters. The molecule has 0 atom stereocenters. The fourth-order valence-corrected chi connectivity index (χ4v) is 1.90. The summed E-state index contributed by atoms with van der Waals surface area (Å²) in [6.45, 7) is 5.87. The molecule has 2 aromatic heterocycles. The molecule has 1 N–H and O–H groups in total. The summed E-state index contributed by atoms with van der Waals surface area (Å²) in [5, 5.41) is 3.30. The Morgan fingerprint density at radius 2 is 2.16 bits per heavy atom. The van der Waals surface area contributed by atoms with E-state index >= 15 is 0 Å². The highest BCUT2D eigenvalue weighted by Gasteiger charge is 2.08. The van der Waals surface area contributed by atoms with E-state index in [2.05, 4.69) is 22.1 Å². The number of nitrogens with zero attached hydrogens (tertiary/aromatic N) is 2. The topological polar surface area (TPSA) is 41.3 Å². The number of anilines is 2. The van der Waals surface area contributed by atoms with Crippen LogP contribution in [0.1, 0.15) is 24.7 Å². The SMILES string of the molecule is CCCNc1cccc(N(C)Cc2ccoc2C)n1. The first kappa shape index (κ1) is 13.5. The van der Waals surface area contributed by atoms with E-state index in [9.17, 15) is 0 Å². The summed E-state index contributed by atoms with van der Waals surface area (Å²) in [7, 11) is 2.04. The number of furan rings is 1. The zero-order valence-electron chi connectivity index (χ0n) is 11.8. The third-order valence-corrected chi connectivity index (χ3v) is 3.06. The second-order valence-corrected chi connectivity index (χ2v) is 4.67. The minimum absolute atomic E-state index is 0.798. The van der Waals surface area contributed by atoms with E-state index in [0.29, 0.717) is 0 Å². The lowest BCUT2D eigenvalue weighted by atomic mass is 10.2. The molecule has 19 heavy (non-hydrogen) atoms. The van der Waals surface area contributed by atoms with Crippen LogP contribution < -0.4 is 10.2 Å². The molecule has 0 radical (unpaired) electrons. The minimum atomic E-state index is 0.798. The highest BCUT2D eigenvalue weighted by molar-refractivity contribution is 5.47. The van der Waals surface area contributed by atoms with Crippen LogP contribution in [0.2, 0.25) is 0 Å². The average molecular weight is 259 g/mol. The quantitative estimate of drug-likeness (QED) is 0.862. The van der Waals surface area contributed by atoms with E-state index in [1.54, 1.807) is 6.26 Å². The predicted molar refractivity (Wildman–Crippen MR) is 78.6 cm³/mol. The van der Waals surface area contributed by atoms with Gasteiger partial charge in [-0.3, -0.25) is 0 Å². The van der Waals surface area contributed by atoms with Gasteiger partial charge >= 0.3 is 0 Å². The standard InChI is InChI=1S/C15H21N3O/c1-4-9-16-14-6-5-7-15(17-14)18(3)11-13-8-10-19-12(13)2/h5-8,10H,4,9,11H2,1-3H3,(H,16,17). The first-order valence-corrected chi connectivity index (χ1v) is 6.65. The summed E-state index contributed by atoms with van der Waals surface area (Å²) in [5.41, 5.74) is 1.19. The van der Waals surface area contributed by atoms with E-state index in [-0.39, 0.29) is 0 Å². The van der Waals surface area contributed by atoms with Crippen molar-refractivity contribution in [3.05, 3.63) is 41.9 Å². The maximum atomic E-state index is 5.32. The molecule has 0 amide bonds. The molecule has 4 nitrogen and oxygen atoms in total. The van der Waals surface area contributed by atoms with E-state index in [1.807, 2.05) is 38.2 Å². The van der Waals surface area contributed by atoms with Gasteiger partial charge in [-0.2, -0.15) is 0 Å². The molecule has 0 aromatic carbocycles. The Bertz CT molecular complexity index is 522. The number of aromatic nitrogens is 1. The molecule has 0 bridgehead atoms. The molecule has 2 rings (SSSR count). The van der Waals surface area contributed by atoms with Gasteiger partial charge in [-0.25, -0.2) is 4.98 Å². The van der Waals surface area contributed by atoms with Crippen molar-refractivity contribution in [2.24, 2.45) is 0 Å².